The Hall–Kier alpha value is -2.57. The van der Waals surface area contributed by atoms with Gasteiger partial charge in [-0.05, 0) is 43.3 Å². The van der Waals surface area contributed by atoms with Crippen LogP contribution in [0.2, 0.25) is 0 Å². The number of Topliss-reactive ketones (excluding diaryl/α,β-unsaturated/α-hetero) is 1. The Kier molecular flexibility index (Phi) is 4.88. The number of ether oxygens (including phenoxy) is 1. The highest BCUT2D eigenvalue weighted by atomic mass is 19.4. The Balaban J connectivity index is 2.10. The summed E-state index contributed by atoms with van der Waals surface area (Å²) in [5.74, 6) is -1.29. The van der Waals surface area contributed by atoms with Crippen molar-refractivity contribution < 1.29 is 27.1 Å². The second-order valence-corrected chi connectivity index (χ2v) is 4.81. The van der Waals surface area contributed by atoms with E-state index in [0.29, 0.717) is 5.69 Å². The number of alkyl halides is 3. The van der Waals surface area contributed by atoms with Gasteiger partial charge < -0.3 is 10.1 Å². The number of ketones is 1. The lowest BCUT2D eigenvalue weighted by atomic mass is 10.0. The highest BCUT2D eigenvalue weighted by molar-refractivity contribution is 6.01. The number of halogens is 4. The van der Waals surface area contributed by atoms with Crippen LogP contribution in [0, 0.1) is 5.82 Å². The van der Waals surface area contributed by atoms with Crippen molar-refractivity contribution in [1.82, 2.24) is 0 Å². The molecule has 0 aliphatic rings. The molecule has 122 valence electrons. The van der Waals surface area contributed by atoms with Gasteiger partial charge in [-0.25, -0.2) is 4.39 Å². The normalized spacial score (nSPS) is 12.6. The van der Waals surface area contributed by atoms with E-state index in [1.54, 1.807) is 6.92 Å². The quantitative estimate of drug-likeness (QED) is 0.653. The number of hydrogen-bond donors (Lipinski definition) is 1. The molecule has 0 spiro atoms. The lowest BCUT2D eigenvalue weighted by molar-refractivity contribution is -0.274. The van der Waals surface area contributed by atoms with Gasteiger partial charge in [-0.3, -0.25) is 4.79 Å². The van der Waals surface area contributed by atoms with Crippen LogP contribution >= 0.6 is 0 Å². The first kappa shape index (κ1) is 16.8. The van der Waals surface area contributed by atoms with Crippen molar-refractivity contribution in [3.63, 3.8) is 0 Å². The average molecular weight is 327 g/mol. The second kappa shape index (κ2) is 6.68. The topological polar surface area (TPSA) is 38.3 Å². The molecule has 0 heterocycles. The summed E-state index contributed by atoms with van der Waals surface area (Å²) in [5.41, 5.74) is 0.601. The van der Waals surface area contributed by atoms with Gasteiger partial charge in [0.15, 0.2) is 5.78 Å². The van der Waals surface area contributed by atoms with E-state index < -0.39 is 29.8 Å². The molecule has 7 heteroatoms. The third kappa shape index (κ3) is 4.98. The molecule has 0 bridgehead atoms. The lowest BCUT2D eigenvalue weighted by Gasteiger charge is -2.15. The predicted molar refractivity (Wildman–Crippen MR) is 76.9 cm³/mol. The largest absolute Gasteiger partial charge is 0.573 e. The van der Waals surface area contributed by atoms with Gasteiger partial charge >= 0.3 is 6.36 Å². The highest BCUT2D eigenvalue weighted by Crippen LogP contribution is 2.24. The van der Waals surface area contributed by atoms with Gasteiger partial charge in [-0.15, -0.1) is 13.2 Å². The van der Waals surface area contributed by atoms with E-state index in [0.717, 1.165) is 12.1 Å². The average Bonchev–Trinajstić information content (AvgIpc) is 2.47. The minimum atomic E-state index is -4.82. The molecule has 1 N–H and O–H groups in total. The molecule has 0 amide bonds. The van der Waals surface area contributed by atoms with Gasteiger partial charge in [0.05, 0.1) is 6.04 Å². The Bertz CT molecular complexity index is 683. The minimum Gasteiger partial charge on any atom is -0.406 e. The first-order valence-electron chi connectivity index (χ1n) is 6.67. The van der Waals surface area contributed by atoms with Gasteiger partial charge in [-0.2, -0.15) is 0 Å². The van der Waals surface area contributed by atoms with Gasteiger partial charge in [0.2, 0.25) is 0 Å². The number of hydrogen-bond acceptors (Lipinski definition) is 3. The SMILES string of the molecule is CC(Nc1ccc(F)cc1)C(=O)c1cccc(OC(F)(F)F)c1. The zero-order chi connectivity index (χ0) is 17.0. The fourth-order valence-corrected chi connectivity index (χ4v) is 1.96. The zero-order valence-corrected chi connectivity index (χ0v) is 12.0. The summed E-state index contributed by atoms with van der Waals surface area (Å²) in [4.78, 5) is 12.3. The van der Waals surface area contributed by atoms with Gasteiger partial charge in [0, 0.05) is 11.3 Å². The smallest absolute Gasteiger partial charge is 0.406 e. The maximum Gasteiger partial charge on any atom is 0.573 e. The molecule has 0 fully saturated rings. The number of anilines is 1. The standard InChI is InChI=1S/C16H13F4NO2/c1-10(21-13-7-5-12(17)6-8-13)15(22)11-3-2-4-14(9-11)23-16(18,19)20/h2-10,21H,1H3. The minimum absolute atomic E-state index is 0.0776. The molecule has 0 aromatic heterocycles. The van der Waals surface area contributed by atoms with Crippen molar-refractivity contribution in [2.24, 2.45) is 0 Å². The van der Waals surface area contributed by atoms with Gasteiger partial charge in [0.1, 0.15) is 11.6 Å². The van der Waals surface area contributed by atoms with E-state index in [9.17, 15) is 22.4 Å². The van der Waals surface area contributed by atoms with Crippen LogP contribution in [-0.4, -0.2) is 18.2 Å². The summed E-state index contributed by atoms with van der Waals surface area (Å²) in [7, 11) is 0. The van der Waals surface area contributed by atoms with Crippen LogP contribution in [-0.2, 0) is 0 Å². The van der Waals surface area contributed by atoms with Crippen LogP contribution in [0.25, 0.3) is 0 Å². The van der Waals surface area contributed by atoms with E-state index in [2.05, 4.69) is 10.1 Å². The first-order valence-corrected chi connectivity index (χ1v) is 6.67. The van der Waals surface area contributed by atoms with E-state index >= 15 is 0 Å². The van der Waals surface area contributed by atoms with Crippen molar-refractivity contribution >= 4 is 11.5 Å². The molecular formula is C16H13F4NO2. The van der Waals surface area contributed by atoms with E-state index in [1.165, 1.54) is 36.4 Å². The number of nitrogens with one attached hydrogen (secondary N) is 1. The molecular weight excluding hydrogens is 314 g/mol. The third-order valence-corrected chi connectivity index (χ3v) is 2.97. The van der Waals surface area contributed by atoms with Crippen LogP contribution in [0.3, 0.4) is 0 Å². The van der Waals surface area contributed by atoms with Crippen molar-refractivity contribution in [1.29, 1.82) is 0 Å². The number of benzene rings is 2. The molecule has 0 saturated heterocycles. The molecule has 1 atom stereocenters. The van der Waals surface area contributed by atoms with E-state index in [4.69, 9.17) is 0 Å². The van der Waals surface area contributed by atoms with E-state index in [-0.39, 0.29) is 5.56 Å². The van der Waals surface area contributed by atoms with Crippen LogP contribution in [0.4, 0.5) is 23.2 Å². The molecule has 0 saturated carbocycles. The summed E-state index contributed by atoms with van der Waals surface area (Å²) in [6.07, 6.45) is -4.82. The first-order chi connectivity index (χ1) is 10.7. The Morgan fingerprint density at radius 3 is 2.39 bits per heavy atom. The monoisotopic (exact) mass is 327 g/mol. The molecule has 0 aliphatic heterocycles. The zero-order valence-electron chi connectivity index (χ0n) is 12.0. The molecule has 3 nitrogen and oxygen atoms in total. The summed E-state index contributed by atoms with van der Waals surface area (Å²) in [5, 5.41) is 2.86. The van der Waals surface area contributed by atoms with Crippen LogP contribution in [0.15, 0.2) is 48.5 Å². The van der Waals surface area contributed by atoms with Crippen LogP contribution in [0.5, 0.6) is 5.75 Å². The fourth-order valence-electron chi connectivity index (χ4n) is 1.96. The van der Waals surface area contributed by atoms with Crippen LogP contribution in [0.1, 0.15) is 17.3 Å². The molecule has 2 aromatic rings. The second-order valence-electron chi connectivity index (χ2n) is 4.81. The third-order valence-electron chi connectivity index (χ3n) is 2.97. The summed E-state index contributed by atoms with van der Waals surface area (Å²) >= 11 is 0. The highest BCUT2D eigenvalue weighted by Gasteiger charge is 2.31. The Morgan fingerprint density at radius 2 is 1.78 bits per heavy atom. The molecule has 0 radical (unpaired) electrons. The Morgan fingerprint density at radius 1 is 1.13 bits per heavy atom. The van der Waals surface area contributed by atoms with E-state index in [1.807, 2.05) is 0 Å². The molecule has 2 rings (SSSR count). The van der Waals surface area contributed by atoms with Gasteiger partial charge in [0.25, 0.3) is 0 Å². The molecule has 0 aliphatic carbocycles. The summed E-state index contributed by atoms with van der Waals surface area (Å²) < 4.78 is 53.2. The van der Waals surface area contributed by atoms with Crippen molar-refractivity contribution in [3.8, 4) is 5.75 Å². The number of carbonyl (C=O) groups is 1. The summed E-state index contributed by atoms with van der Waals surface area (Å²) in [6, 6.07) is 9.52. The fraction of sp³-hybridized carbons (Fsp3) is 0.188. The van der Waals surface area contributed by atoms with Crippen molar-refractivity contribution in [3.05, 3.63) is 59.9 Å². The number of carbonyl (C=O) groups excluding carboxylic acids is 1. The van der Waals surface area contributed by atoms with Crippen molar-refractivity contribution in [2.75, 3.05) is 5.32 Å². The molecule has 2 aromatic carbocycles. The maximum atomic E-state index is 12.8. The molecule has 1 unspecified atom stereocenters. The van der Waals surface area contributed by atoms with Crippen molar-refractivity contribution in [2.45, 2.75) is 19.3 Å². The number of rotatable bonds is 5. The maximum absolute atomic E-state index is 12.8. The summed E-state index contributed by atoms with van der Waals surface area (Å²) in [6.45, 7) is 1.56. The van der Waals surface area contributed by atoms with Crippen LogP contribution < -0.4 is 10.1 Å². The predicted octanol–water partition coefficient (Wildman–Crippen LogP) is 4.41. The van der Waals surface area contributed by atoms with Gasteiger partial charge in [-0.1, -0.05) is 12.1 Å². The Labute approximate surface area is 129 Å². The molecule has 23 heavy (non-hydrogen) atoms. The lowest BCUT2D eigenvalue weighted by Crippen LogP contribution is -2.26.